The van der Waals surface area contributed by atoms with Crippen LogP contribution in [0.3, 0.4) is 0 Å². The zero-order valence-corrected chi connectivity index (χ0v) is 8.33. The Labute approximate surface area is 79.7 Å². The summed E-state index contributed by atoms with van der Waals surface area (Å²) in [6.45, 7) is 4.27. The maximum atomic E-state index is 10.3. The van der Waals surface area contributed by atoms with Crippen LogP contribution in [0.1, 0.15) is 39.0 Å². The van der Waals surface area contributed by atoms with E-state index in [-0.39, 0.29) is 0 Å². The van der Waals surface area contributed by atoms with Gasteiger partial charge in [0.25, 0.3) is 0 Å². The van der Waals surface area contributed by atoms with Crippen molar-refractivity contribution in [3.05, 3.63) is 0 Å². The Morgan fingerprint density at radius 3 is 2.62 bits per heavy atom. The van der Waals surface area contributed by atoms with Crippen molar-refractivity contribution in [1.82, 2.24) is 4.90 Å². The molecule has 1 rings (SSSR count). The average molecular weight is 185 g/mol. The van der Waals surface area contributed by atoms with E-state index in [1.54, 1.807) is 0 Å². The van der Waals surface area contributed by atoms with Crippen LogP contribution in [-0.2, 0) is 4.79 Å². The second-order valence-corrected chi connectivity index (χ2v) is 3.76. The lowest BCUT2D eigenvalue weighted by atomic mass is 10.3. The third-order valence-corrected chi connectivity index (χ3v) is 2.41. The highest BCUT2D eigenvalue weighted by molar-refractivity contribution is 5.66. The topological polar surface area (TPSA) is 40.5 Å². The van der Waals surface area contributed by atoms with Gasteiger partial charge >= 0.3 is 5.97 Å². The first-order chi connectivity index (χ1) is 6.24. The van der Waals surface area contributed by atoms with Crippen molar-refractivity contribution in [3.63, 3.8) is 0 Å². The van der Waals surface area contributed by atoms with Gasteiger partial charge in [-0.15, -0.1) is 0 Å². The fourth-order valence-corrected chi connectivity index (χ4v) is 1.64. The Bertz CT molecular complexity index is 166. The summed E-state index contributed by atoms with van der Waals surface area (Å²) in [6.07, 6.45) is 4.91. The molecule has 0 aromatic heterocycles. The van der Waals surface area contributed by atoms with Crippen LogP contribution in [0.4, 0.5) is 0 Å². The molecule has 0 aliphatic heterocycles. The molecule has 1 fully saturated rings. The largest absolute Gasteiger partial charge is 0.481 e. The molecule has 0 radical (unpaired) electrons. The monoisotopic (exact) mass is 185 g/mol. The van der Waals surface area contributed by atoms with E-state index in [9.17, 15) is 4.79 Å². The summed E-state index contributed by atoms with van der Waals surface area (Å²) < 4.78 is 0. The molecule has 13 heavy (non-hydrogen) atoms. The molecule has 0 amide bonds. The third kappa shape index (κ3) is 4.27. The standard InChI is InChI=1S/C10H19NO2/c1-2-7-11(9-5-6-9)8-3-4-10(12)13/h9H,2-8H2,1H3,(H,12,13). The lowest BCUT2D eigenvalue weighted by molar-refractivity contribution is -0.137. The van der Waals surface area contributed by atoms with Crippen LogP contribution in [0.15, 0.2) is 0 Å². The van der Waals surface area contributed by atoms with Gasteiger partial charge in [0.15, 0.2) is 0 Å². The Hall–Kier alpha value is -0.570. The van der Waals surface area contributed by atoms with Gasteiger partial charge in [-0.2, -0.15) is 0 Å². The first kappa shape index (κ1) is 10.5. The van der Waals surface area contributed by atoms with Crippen LogP contribution in [0, 0.1) is 0 Å². The van der Waals surface area contributed by atoms with E-state index >= 15 is 0 Å². The van der Waals surface area contributed by atoms with E-state index in [2.05, 4.69) is 11.8 Å². The number of carbonyl (C=O) groups is 1. The van der Waals surface area contributed by atoms with Crippen LogP contribution < -0.4 is 0 Å². The number of nitrogens with zero attached hydrogens (tertiary/aromatic N) is 1. The van der Waals surface area contributed by atoms with Crippen molar-refractivity contribution >= 4 is 5.97 Å². The van der Waals surface area contributed by atoms with E-state index in [4.69, 9.17) is 5.11 Å². The minimum Gasteiger partial charge on any atom is -0.481 e. The van der Waals surface area contributed by atoms with Crippen LogP contribution >= 0.6 is 0 Å². The molecule has 0 spiro atoms. The van der Waals surface area contributed by atoms with Crippen molar-refractivity contribution in [2.45, 2.75) is 45.1 Å². The van der Waals surface area contributed by atoms with Crippen LogP contribution in [0.25, 0.3) is 0 Å². The minimum atomic E-state index is -0.674. The summed E-state index contributed by atoms with van der Waals surface area (Å²) in [7, 11) is 0. The number of aliphatic carboxylic acids is 1. The van der Waals surface area contributed by atoms with E-state index in [1.807, 2.05) is 0 Å². The van der Waals surface area contributed by atoms with Gasteiger partial charge in [-0.25, -0.2) is 0 Å². The van der Waals surface area contributed by atoms with E-state index in [1.165, 1.54) is 19.3 Å². The summed E-state index contributed by atoms with van der Waals surface area (Å²) in [5, 5.41) is 8.49. The maximum Gasteiger partial charge on any atom is 0.303 e. The van der Waals surface area contributed by atoms with Gasteiger partial charge in [0.05, 0.1) is 0 Å². The zero-order valence-electron chi connectivity index (χ0n) is 8.33. The summed E-state index contributed by atoms with van der Waals surface area (Å²) in [4.78, 5) is 12.7. The van der Waals surface area contributed by atoms with Gasteiger partial charge in [0.2, 0.25) is 0 Å². The average Bonchev–Trinajstić information content (AvgIpc) is 2.84. The predicted molar refractivity (Wildman–Crippen MR) is 51.8 cm³/mol. The van der Waals surface area contributed by atoms with Crippen molar-refractivity contribution in [3.8, 4) is 0 Å². The Morgan fingerprint density at radius 1 is 1.46 bits per heavy atom. The van der Waals surface area contributed by atoms with E-state index in [0.29, 0.717) is 6.42 Å². The molecule has 3 nitrogen and oxygen atoms in total. The molecule has 3 heteroatoms. The molecule has 1 N–H and O–H groups in total. The fraction of sp³-hybridized carbons (Fsp3) is 0.900. The highest BCUT2D eigenvalue weighted by atomic mass is 16.4. The molecule has 1 aliphatic rings. The number of carboxylic acid groups (broad SMARTS) is 1. The molecule has 0 atom stereocenters. The molecule has 0 heterocycles. The van der Waals surface area contributed by atoms with Gasteiger partial charge in [0, 0.05) is 12.5 Å². The number of hydrogen-bond donors (Lipinski definition) is 1. The second kappa shape index (κ2) is 5.22. The van der Waals surface area contributed by atoms with Crippen LogP contribution in [0.5, 0.6) is 0 Å². The Kier molecular flexibility index (Phi) is 4.22. The first-order valence-electron chi connectivity index (χ1n) is 5.20. The molecule has 0 aromatic carbocycles. The number of carboxylic acids is 1. The van der Waals surface area contributed by atoms with Crippen molar-refractivity contribution in [1.29, 1.82) is 0 Å². The van der Waals surface area contributed by atoms with Crippen LogP contribution in [-0.4, -0.2) is 35.1 Å². The highest BCUT2D eigenvalue weighted by Gasteiger charge is 2.27. The van der Waals surface area contributed by atoms with Crippen LogP contribution in [0.2, 0.25) is 0 Å². The van der Waals surface area contributed by atoms with Crippen molar-refractivity contribution in [2.24, 2.45) is 0 Å². The molecular formula is C10H19NO2. The summed E-state index contributed by atoms with van der Waals surface area (Å²) >= 11 is 0. The van der Waals surface area contributed by atoms with Crippen molar-refractivity contribution < 1.29 is 9.90 Å². The summed E-state index contributed by atoms with van der Waals surface area (Å²) in [5.41, 5.74) is 0. The number of hydrogen-bond acceptors (Lipinski definition) is 2. The number of rotatable bonds is 7. The molecule has 0 saturated heterocycles. The van der Waals surface area contributed by atoms with E-state index < -0.39 is 5.97 Å². The highest BCUT2D eigenvalue weighted by Crippen LogP contribution is 2.26. The van der Waals surface area contributed by atoms with Crippen molar-refractivity contribution in [2.75, 3.05) is 13.1 Å². The van der Waals surface area contributed by atoms with Gasteiger partial charge < -0.3 is 10.0 Å². The van der Waals surface area contributed by atoms with Gasteiger partial charge in [-0.1, -0.05) is 6.92 Å². The normalized spacial score (nSPS) is 16.5. The quantitative estimate of drug-likeness (QED) is 0.656. The summed E-state index contributed by atoms with van der Waals surface area (Å²) in [6, 6.07) is 0.772. The lowest BCUT2D eigenvalue weighted by Crippen LogP contribution is -2.28. The van der Waals surface area contributed by atoms with Gasteiger partial charge in [0.1, 0.15) is 0 Å². The second-order valence-electron chi connectivity index (χ2n) is 3.76. The fourth-order valence-electron chi connectivity index (χ4n) is 1.64. The third-order valence-electron chi connectivity index (χ3n) is 2.41. The molecule has 1 saturated carbocycles. The molecular weight excluding hydrogens is 166 g/mol. The lowest BCUT2D eigenvalue weighted by Gasteiger charge is -2.20. The van der Waals surface area contributed by atoms with E-state index in [0.717, 1.165) is 25.6 Å². The van der Waals surface area contributed by atoms with Gasteiger partial charge in [-0.05, 0) is 38.8 Å². The Morgan fingerprint density at radius 2 is 2.15 bits per heavy atom. The van der Waals surface area contributed by atoms with Gasteiger partial charge in [-0.3, -0.25) is 4.79 Å². The smallest absolute Gasteiger partial charge is 0.303 e. The molecule has 0 aromatic rings. The maximum absolute atomic E-state index is 10.3. The molecule has 0 unspecified atom stereocenters. The zero-order chi connectivity index (χ0) is 9.68. The molecule has 0 bridgehead atoms. The first-order valence-corrected chi connectivity index (χ1v) is 5.20. The molecule has 76 valence electrons. The predicted octanol–water partition coefficient (Wildman–Crippen LogP) is 1.73. The molecule has 1 aliphatic carbocycles. The minimum absolute atomic E-state index is 0.312. The SMILES string of the molecule is CCCN(CCCC(=O)O)C1CC1. The Balaban J connectivity index is 2.10. The summed E-state index contributed by atoms with van der Waals surface area (Å²) in [5.74, 6) is -0.674.